The molecular weight excluding hydrogens is 482 g/mol. The average molecular weight is 520 g/mol. The summed E-state index contributed by atoms with van der Waals surface area (Å²) in [5.41, 5.74) is 0.580. The fourth-order valence-electron chi connectivity index (χ4n) is 5.65. The zero-order valence-corrected chi connectivity index (χ0v) is 21.7. The molecule has 8 heteroatoms. The molecule has 0 bridgehead atoms. The molecule has 202 valence electrons. The normalized spacial score (nSPS) is 20.3. The lowest BCUT2D eigenvalue weighted by Gasteiger charge is -2.37. The molecule has 4 rings (SSSR count). The van der Waals surface area contributed by atoms with E-state index in [9.17, 15) is 19.2 Å². The van der Waals surface area contributed by atoms with Crippen LogP contribution in [-0.4, -0.2) is 48.4 Å². The van der Waals surface area contributed by atoms with E-state index in [2.05, 4.69) is 16.0 Å². The molecule has 2 atom stereocenters. The minimum absolute atomic E-state index is 0.00129. The van der Waals surface area contributed by atoms with Gasteiger partial charge in [-0.2, -0.15) is 0 Å². The number of ketones is 1. The van der Waals surface area contributed by atoms with Gasteiger partial charge in [-0.15, -0.1) is 0 Å². The highest BCUT2D eigenvalue weighted by Crippen LogP contribution is 2.38. The zero-order chi connectivity index (χ0) is 26.8. The van der Waals surface area contributed by atoms with Crippen LogP contribution >= 0.6 is 0 Å². The van der Waals surface area contributed by atoms with Gasteiger partial charge in [0, 0.05) is 18.5 Å². The van der Waals surface area contributed by atoms with E-state index < -0.39 is 23.6 Å². The van der Waals surface area contributed by atoms with Gasteiger partial charge in [0.05, 0.1) is 6.04 Å². The maximum Gasteiger partial charge on any atom is 0.414 e. The summed E-state index contributed by atoms with van der Waals surface area (Å²) in [4.78, 5) is 51.4. The van der Waals surface area contributed by atoms with Crippen LogP contribution in [0.15, 0.2) is 60.7 Å². The van der Waals surface area contributed by atoms with Gasteiger partial charge in [-0.05, 0) is 62.3 Å². The fourth-order valence-corrected chi connectivity index (χ4v) is 5.65. The molecule has 2 aromatic carbocycles. The Morgan fingerprint density at radius 1 is 0.921 bits per heavy atom. The third-order valence-electron chi connectivity index (χ3n) is 7.69. The van der Waals surface area contributed by atoms with Gasteiger partial charge in [0.15, 0.2) is 5.78 Å². The number of rotatable bonds is 10. The van der Waals surface area contributed by atoms with Gasteiger partial charge in [0.1, 0.15) is 5.54 Å². The number of esters is 1. The number of benzene rings is 2. The second-order valence-corrected chi connectivity index (χ2v) is 10.2. The molecule has 2 fully saturated rings. The minimum Gasteiger partial charge on any atom is -0.375 e. The lowest BCUT2D eigenvalue weighted by Crippen LogP contribution is -2.56. The number of Topliss-reactive ketones (excluding diaryl/α,β-unsaturated/α-hetero) is 1. The molecule has 1 aliphatic heterocycles. The Morgan fingerprint density at radius 2 is 1.61 bits per heavy atom. The lowest BCUT2D eigenvalue weighted by molar-refractivity contribution is -0.147. The standard InChI is InChI=1S/C30H37N3O5/c34-26(25(21-22-11-4-1-5-12-22)33-27(35)23-13-6-2-7-14-23)17-20-31-29(37)38-28(36)30(18-10-19-32-30)24-15-8-3-9-16-24/h1-2,4-7,11-14,24-25,32H,3,8-10,15-21H2,(H,31,37)(H,33,35)/t25-,30+/m0/s1. The van der Waals surface area contributed by atoms with Gasteiger partial charge in [-0.1, -0.05) is 67.8 Å². The number of nitrogens with one attached hydrogen (secondary N) is 3. The Labute approximate surface area is 223 Å². The Balaban J connectivity index is 1.31. The zero-order valence-electron chi connectivity index (χ0n) is 21.7. The van der Waals surface area contributed by atoms with Crippen molar-refractivity contribution in [1.82, 2.24) is 16.0 Å². The van der Waals surface area contributed by atoms with Crippen molar-refractivity contribution in [2.45, 2.75) is 69.4 Å². The molecule has 2 aliphatic rings. The number of carbonyl (C=O) groups is 4. The van der Waals surface area contributed by atoms with E-state index in [4.69, 9.17) is 4.74 Å². The number of amides is 2. The number of alkyl carbamates (subject to hydrolysis) is 1. The second kappa shape index (κ2) is 13.3. The molecular formula is C30H37N3O5. The Morgan fingerprint density at radius 3 is 2.26 bits per heavy atom. The molecule has 0 unspecified atom stereocenters. The number of hydrogen-bond donors (Lipinski definition) is 3. The SMILES string of the molecule is O=C(NCCC(=O)[C@H](Cc1ccccc1)NC(=O)c1ccccc1)OC(=O)[C@]1(C2CCCCC2)CCCN1. The van der Waals surface area contributed by atoms with E-state index in [-0.39, 0.29) is 30.6 Å². The van der Waals surface area contributed by atoms with Crippen LogP contribution < -0.4 is 16.0 Å². The first kappa shape index (κ1) is 27.5. The van der Waals surface area contributed by atoms with Gasteiger partial charge < -0.3 is 20.7 Å². The highest BCUT2D eigenvalue weighted by Gasteiger charge is 2.49. The van der Waals surface area contributed by atoms with E-state index in [0.29, 0.717) is 18.4 Å². The van der Waals surface area contributed by atoms with Gasteiger partial charge in [0.2, 0.25) is 0 Å². The van der Waals surface area contributed by atoms with Crippen molar-refractivity contribution in [2.75, 3.05) is 13.1 Å². The van der Waals surface area contributed by atoms with Crippen LogP contribution in [0.25, 0.3) is 0 Å². The molecule has 0 spiro atoms. The van der Waals surface area contributed by atoms with E-state index in [1.165, 1.54) is 6.42 Å². The Kier molecular flexibility index (Phi) is 9.65. The molecule has 1 saturated heterocycles. The van der Waals surface area contributed by atoms with Gasteiger partial charge in [-0.3, -0.25) is 9.59 Å². The van der Waals surface area contributed by atoms with Crippen LogP contribution in [0.2, 0.25) is 0 Å². The summed E-state index contributed by atoms with van der Waals surface area (Å²) in [6.45, 7) is 0.737. The van der Waals surface area contributed by atoms with Crippen LogP contribution in [0.1, 0.15) is 67.3 Å². The first-order valence-electron chi connectivity index (χ1n) is 13.7. The Hall–Kier alpha value is -3.52. The topological polar surface area (TPSA) is 114 Å². The first-order chi connectivity index (χ1) is 18.5. The average Bonchev–Trinajstić information content (AvgIpc) is 3.46. The highest BCUT2D eigenvalue weighted by atomic mass is 16.6. The molecule has 38 heavy (non-hydrogen) atoms. The summed E-state index contributed by atoms with van der Waals surface area (Å²) < 4.78 is 5.22. The molecule has 2 amide bonds. The van der Waals surface area contributed by atoms with Crippen molar-refractivity contribution in [3.05, 3.63) is 71.8 Å². The molecule has 0 radical (unpaired) electrons. The highest BCUT2D eigenvalue weighted by molar-refractivity contribution is 5.98. The molecule has 1 saturated carbocycles. The number of hydrogen-bond acceptors (Lipinski definition) is 6. The summed E-state index contributed by atoms with van der Waals surface area (Å²) in [5.74, 6) is -0.911. The summed E-state index contributed by atoms with van der Waals surface area (Å²) in [5, 5.41) is 8.72. The van der Waals surface area contributed by atoms with Crippen LogP contribution in [-0.2, 0) is 20.7 Å². The lowest BCUT2D eigenvalue weighted by atomic mass is 9.74. The maximum absolute atomic E-state index is 13.1. The van der Waals surface area contributed by atoms with Crippen molar-refractivity contribution >= 4 is 23.8 Å². The maximum atomic E-state index is 13.1. The Bertz CT molecular complexity index is 1090. The van der Waals surface area contributed by atoms with Crippen LogP contribution in [0.4, 0.5) is 4.79 Å². The van der Waals surface area contributed by atoms with Crippen molar-refractivity contribution in [2.24, 2.45) is 5.92 Å². The molecule has 1 aliphatic carbocycles. The molecule has 8 nitrogen and oxygen atoms in total. The number of carbonyl (C=O) groups excluding carboxylic acids is 4. The van der Waals surface area contributed by atoms with Crippen molar-refractivity contribution < 1.29 is 23.9 Å². The molecule has 3 N–H and O–H groups in total. The minimum atomic E-state index is -0.848. The quantitative estimate of drug-likeness (QED) is 0.324. The van der Waals surface area contributed by atoms with Gasteiger partial charge in [0.25, 0.3) is 5.91 Å². The summed E-state index contributed by atoms with van der Waals surface area (Å²) in [6, 6.07) is 17.4. The van der Waals surface area contributed by atoms with E-state index in [1.54, 1.807) is 24.3 Å². The fraction of sp³-hybridized carbons (Fsp3) is 0.467. The molecule has 0 aromatic heterocycles. The predicted molar refractivity (Wildman–Crippen MR) is 143 cm³/mol. The summed E-state index contributed by atoms with van der Waals surface area (Å²) in [7, 11) is 0. The van der Waals surface area contributed by atoms with Crippen molar-refractivity contribution in [3.8, 4) is 0 Å². The molecule has 1 heterocycles. The largest absolute Gasteiger partial charge is 0.414 e. The van der Waals surface area contributed by atoms with Gasteiger partial charge >= 0.3 is 12.1 Å². The monoisotopic (exact) mass is 519 g/mol. The van der Waals surface area contributed by atoms with Crippen LogP contribution in [0, 0.1) is 5.92 Å². The van der Waals surface area contributed by atoms with Crippen molar-refractivity contribution in [1.29, 1.82) is 0 Å². The summed E-state index contributed by atoms with van der Waals surface area (Å²) in [6.07, 6.45) is 6.27. The third kappa shape index (κ3) is 7.07. The number of ether oxygens (including phenoxy) is 1. The smallest absolute Gasteiger partial charge is 0.375 e. The van der Waals surface area contributed by atoms with E-state index in [1.807, 2.05) is 36.4 Å². The van der Waals surface area contributed by atoms with Gasteiger partial charge in [-0.25, -0.2) is 9.59 Å². The van der Waals surface area contributed by atoms with E-state index in [0.717, 1.165) is 44.2 Å². The first-order valence-corrected chi connectivity index (χ1v) is 13.7. The summed E-state index contributed by atoms with van der Waals surface area (Å²) >= 11 is 0. The van der Waals surface area contributed by atoms with Crippen molar-refractivity contribution in [3.63, 3.8) is 0 Å². The van der Waals surface area contributed by atoms with Crippen LogP contribution in [0.3, 0.4) is 0 Å². The predicted octanol–water partition coefficient (Wildman–Crippen LogP) is 3.94. The van der Waals surface area contributed by atoms with Crippen LogP contribution in [0.5, 0.6) is 0 Å². The third-order valence-corrected chi connectivity index (χ3v) is 7.69. The van der Waals surface area contributed by atoms with E-state index >= 15 is 0 Å². The second-order valence-electron chi connectivity index (χ2n) is 10.2. The molecule has 2 aromatic rings.